The van der Waals surface area contributed by atoms with E-state index in [-0.39, 0.29) is 0 Å². The highest BCUT2D eigenvalue weighted by Gasteiger charge is 2.12. The molecule has 180 valence electrons. The van der Waals surface area contributed by atoms with Crippen LogP contribution in [0.2, 0.25) is 0 Å². The average Bonchev–Trinajstić information content (AvgIpc) is 3.37. The summed E-state index contributed by atoms with van der Waals surface area (Å²) in [5.74, 6) is 1.40. The van der Waals surface area contributed by atoms with Crippen molar-refractivity contribution in [1.82, 2.24) is 19.6 Å². The molecule has 0 saturated carbocycles. The van der Waals surface area contributed by atoms with Crippen LogP contribution in [0.4, 0.5) is 23.3 Å². The third-order valence-corrected chi connectivity index (χ3v) is 5.82. The van der Waals surface area contributed by atoms with Gasteiger partial charge in [-0.25, -0.2) is 9.13 Å². The number of unbranched alkanes of at least 4 members (excludes halogenated alkanes) is 2. The lowest BCUT2D eigenvalue weighted by Gasteiger charge is -2.03. The van der Waals surface area contributed by atoms with Crippen molar-refractivity contribution in [2.45, 2.75) is 32.1 Å². The molecule has 4 rings (SSSR count). The van der Waals surface area contributed by atoms with E-state index in [4.69, 9.17) is 0 Å². The van der Waals surface area contributed by atoms with Crippen molar-refractivity contribution in [2.75, 3.05) is 0 Å². The molecule has 0 fully saturated rings. The summed E-state index contributed by atoms with van der Waals surface area (Å²) < 4.78 is 7.06. The first kappa shape index (κ1) is 24.1. The van der Waals surface area contributed by atoms with E-state index in [1.807, 2.05) is 61.6 Å². The summed E-state index contributed by atoms with van der Waals surface area (Å²) in [7, 11) is 7.50. The van der Waals surface area contributed by atoms with Gasteiger partial charge in [0.2, 0.25) is 12.7 Å². The molecule has 0 radical (unpaired) electrons. The molecule has 0 bridgehead atoms. The smallest absolute Gasteiger partial charge is 0.225 e. The van der Waals surface area contributed by atoms with Crippen molar-refractivity contribution >= 4 is 23.3 Å². The standard InChI is InChI=1S/C25H32N10/c1-32-18-26-34(3)24(32)30-28-22-14-10-20(11-15-22)8-6-5-7-9-21-12-16-23(17-13-21)29-31-25-33(2)19-27-35(25)4/h10-19H,5-9H2,1-4H3/q+2. The second kappa shape index (κ2) is 11.4. The molecule has 10 heteroatoms. The Kier molecular flexibility index (Phi) is 7.81. The summed E-state index contributed by atoms with van der Waals surface area (Å²) in [5, 5.41) is 25.5. The van der Waals surface area contributed by atoms with E-state index < -0.39 is 0 Å². The summed E-state index contributed by atoms with van der Waals surface area (Å²) in [4.78, 5) is 0. The molecule has 0 saturated heterocycles. The Morgan fingerprint density at radius 2 is 1.00 bits per heavy atom. The van der Waals surface area contributed by atoms with Crippen LogP contribution in [0, 0.1) is 0 Å². The minimum Gasteiger partial charge on any atom is -0.225 e. The van der Waals surface area contributed by atoms with Gasteiger partial charge in [-0.1, -0.05) is 40.9 Å². The second-order valence-corrected chi connectivity index (χ2v) is 8.62. The molecule has 4 aromatic rings. The number of hydrogen-bond donors (Lipinski definition) is 0. The topological polar surface area (TPSA) is 92.8 Å². The largest absolute Gasteiger partial charge is 0.403 e. The van der Waals surface area contributed by atoms with Crippen molar-refractivity contribution in [2.24, 2.45) is 48.6 Å². The lowest BCUT2D eigenvalue weighted by atomic mass is 10.0. The fraction of sp³-hybridized carbons (Fsp3) is 0.360. The van der Waals surface area contributed by atoms with Gasteiger partial charge in [0.05, 0.1) is 39.6 Å². The zero-order chi connectivity index (χ0) is 24.6. The van der Waals surface area contributed by atoms with Gasteiger partial charge in [0.15, 0.2) is 0 Å². The van der Waals surface area contributed by atoms with Gasteiger partial charge in [0, 0.05) is 10.2 Å². The maximum Gasteiger partial charge on any atom is 0.403 e. The summed E-state index contributed by atoms with van der Waals surface area (Å²) in [6.07, 6.45) is 9.09. The van der Waals surface area contributed by atoms with Crippen molar-refractivity contribution in [1.29, 1.82) is 0 Å². The highest BCUT2D eigenvalue weighted by molar-refractivity contribution is 5.39. The first-order valence-corrected chi connectivity index (χ1v) is 11.8. The lowest BCUT2D eigenvalue weighted by molar-refractivity contribution is -0.659. The Morgan fingerprint density at radius 3 is 1.34 bits per heavy atom. The number of hydrogen-bond acceptors (Lipinski definition) is 6. The monoisotopic (exact) mass is 472 g/mol. The van der Waals surface area contributed by atoms with Gasteiger partial charge in [-0.2, -0.15) is 0 Å². The summed E-state index contributed by atoms with van der Waals surface area (Å²) >= 11 is 0. The number of rotatable bonds is 10. The predicted molar refractivity (Wildman–Crippen MR) is 131 cm³/mol. The quantitative estimate of drug-likeness (QED) is 0.192. The molecule has 35 heavy (non-hydrogen) atoms. The van der Waals surface area contributed by atoms with Gasteiger partial charge in [0.25, 0.3) is 0 Å². The maximum absolute atomic E-state index is 4.32. The first-order chi connectivity index (χ1) is 17.0. The molecule has 10 nitrogen and oxygen atoms in total. The van der Waals surface area contributed by atoms with E-state index in [9.17, 15) is 0 Å². The fourth-order valence-electron chi connectivity index (χ4n) is 3.74. The van der Waals surface area contributed by atoms with Crippen LogP contribution in [0.25, 0.3) is 0 Å². The SMILES string of the molecule is Cn1nc[n+](C)c1N=Nc1ccc(CCCCCc2ccc(N=Nc3n(C)nc[n+]3C)cc2)cc1. The summed E-state index contributed by atoms with van der Waals surface area (Å²) in [6, 6.07) is 16.6. The van der Waals surface area contributed by atoms with Crippen LogP contribution in [-0.2, 0) is 41.0 Å². The van der Waals surface area contributed by atoms with Crippen LogP contribution in [0.15, 0.2) is 81.6 Å². The summed E-state index contributed by atoms with van der Waals surface area (Å²) in [5.41, 5.74) is 4.33. The van der Waals surface area contributed by atoms with Crippen molar-refractivity contribution in [3.8, 4) is 0 Å². The van der Waals surface area contributed by atoms with Gasteiger partial charge in [-0.3, -0.25) is 0 Å². The Bertz CT molecular complexity index is 1160. The molecular weight excluding hydrogens is 440 g/mol. The molecule has 0 atom stereocenters. The van der Waals surface area contributed by atoms with Gasteiger partial charge in [-0.15, -0.1) is 9.36 Å². The van der Waals surface area contributed by atoms with Gasteiger partial charge < -0.3 is 0 Å². The van der Waals surface area contributed by atoms with Crippen molar-refractivity contribution in [3.63, 3.8) is 0 Å². The van der Waals surface area contributed by atoms with E-state index in [2.05, 4.69) is 54.9 Å². The van der Waals surface area contributed by atoms with Gasteiger partial charge in [-0.05, 0) is 71.3 Å². The highest BCUT2D eigenvalue weighted by Crippen LogP contribution is 2.19. The molecule has 2 aromatic carbocycles. The van der Waals surface area contributed by atoms with E-state index >= 15 is 0 Å². The minimum atomic E-state index is 0.701. The molecule has 0 aliphatic carbocycles. The molecule has 0 aliphatic heterocycles. The molecule has 0 unspecified atom stereocenters. The van der Waals surface area contributed by atoms with Crippen LogP contribution in [0.1, 0.15) is 30.4 Å². The van der Waals surface area contributed by atoms with Crippen LogP contribution in [0.5, 0.6) is 0 Å². The normalized spacial score (nSPS) is 11.8. The van der Waals surface area contributed by atoms with Crippen LogP contribution >= 0.6 is 0 Å². The Morgan fingerprint density at radius 1 is 0.600 bits per heavy atom. The van der Waals surface area contributed by atoms with E-state index in [1.54, 1.807) is 22.0 Å². The van der Waals surface area contributed by atoms with Crippen LogP contribution in [0.3, 0.4) is 0 Å². The number of benzene rings is 2. The Balaban J connectivity index is 1.18. The second-order valence-electron chi connectivity index (χ2n) is 8.62. The van der Waals surface area contributed by atoms with Gasteiger partial charge >= 0.3 is 11.9 Å². The average molecular weight is 473 g/mol. The number of azo groups is 2. The third-order valence-electron chi connectivity index (χ3n) is 5.82. The molecule has 2 aromatic heterocycles. The molecule has 0 N–H and O–H groups in total. The third kappa shape index (κ3) is 6.50. The zero-order valence-electron chi connectivity index (χ0n) is 20.8. The number of aryl methyl sites for hydroxylation is 6. The number of aromatic nitrogens is 6. The summed E-state index contributed by atoms with van der Waals surface area (Å²) in [6.45, 7) is 0. The van der Waals surface area contributed by atoms with E-state index in [0.717, 1.165) is 24.2 Å². The van der Waals surface area contributed by atoms with Gasteiger partial charge in [0.1, 0.15) is 0 Å². The molecule has 2 heterocycles. The fourth-order valence-corrected chi connectivity index (χ4v) is 3.74. The van der Waals surface area contributed by atoms with E-state index in [1.165, 1.54) is 30.4 Å². The Labute approximate surface area is 205 Å². The molecule has 0 amide bonds. The highest BCUT2D eigenvalue weighted by atomic mass is 15.4. The maximum atomic E-state index is 4.32. The minimum absolute atomic E-state index is 0.701. The Hall–Kier alpha value is -4.08. The lowest BCUT2D eigenvalue weighted by Crippen LogP contribution is -2.25. The van der Waals surface area contributed by atoms with Crippen molar-refractivity contribution < 1.29 is 9.13 Å². The zero-order valence-corrected chi connectivity index (χ0v) is 20.8. The van der Waals surface area contributed by atoms with Crippen molar-refractivity contribution in [3.05, 3.63) is 72.3 Å². The van der Waals surface area contributed by atoms with Crippen LogP contribution in [-0.4, -0.2) is 19.6 Å². The molecular formula is C25H32N10+2. The first-order valence-electron chi connectivity index (χ1n) is 11.8. The molecule has 0 aliphatic rings. The predicted octanol–water partition coefficient (Wildman–Crippen LogP) is 4.59. The number of nitrogens with zero attached hydrogens (tertiary/aromatic N) is 10. The van der Waals surface area contributed by atoms with E-state index in [0.29, 0.717) is 11.9 Å². The van der Waals surface area contributed by atoms with Crippen LogP contribution < -0.4 is 9.13 Å². The molecule has 0 spiro atoms.